The second-order valence-corrected chi connectivity index (χ2v) is 4.27. The fourth-order valence-corrected chi connectivity index (χ4v) is 2.28. The van der Waals surface area contributed by atoms with E-state index in [9.17, 15) is 14.4 Å². The number of hydrogen-bond acceptors (Lipinski definition) is 3. The monoisotopic (exact) mass is 238 g/mol. The molecule has 0 aromatic heterocycles. The van der Waals surface area contributed by atoms with E-state index in [1.165, 1.54) is 0 Å². The van der Waals surface area contributed by atoms with Crippen molar-refractivity contribution in [2.24, 2.45) is 11.3 Å². The molecule has 17 heavy (non-hydrogen) atoms. The molecule has 94 valence electrons. The van der Waals surface area contributed by atoms with Gasteiger partial charge in [0.25, 0.3) is 0 Å². The Labute approximate surface area is 101 Å². The van der Waals surface area contributed by atoms with Crippen LogP contribution in [0.3, 0.4) is 0 Å². The number of barbiturate groups is 1. The number of hydrogen-bond donors (Lipinski definition) is 2. The van der Waals surface area contributed by atoms with Crippen molar-refractivity contribution in [3.8, 4) is 0 Å². The summed E-state index contributed by atoms with van der Waals surface area (Å²) in [5.74, 6) is -1.25. The Kier molecular flexibility index (Phi) is 4.04. The molecule has 1 aliphatic heterocycles. The third-order valence-corrected chi connectivity index (χ3v) is 3.17. The molecule has 5 nitrogen and oxygen atoms in total. The highest BCUT2D eigenvalue weighted by Crippen LogP contribution is 2.36. The average Bonchev–Trinajstić information content (AvgIpc) is 2.23. The van der Waals surface area contributed by atoms with Crippen LogP contribution < -0.4 is 10.6 Å². The maximum atomic E-state index is 12.0. The summed E-state index contributed by atoms with van der Waals surface area (Å²) in [6.07, 6.45) is 4.73. The molecule has 0 radical (unpaired) electrons. The first-order valence-electron chi connectivity index (χ1n) is 5.78. The number of carbonyl (C=O) groups is 3. The largest absolute Gasteiger partial charge is 0.328 e. The number of carbonyl (C=O) groups excluding carboxylic acids is 3. The van der Waals surface area contributed by atoms with Gasteiger partial charge in [0, 0.05) is 0 Å². The van der Waals surface area contributed by atoms with E-state index in [0.717, 1.165) is 0 Å². The Morgan fingerprint density at radius 2 is 1.76 bits per heavy atom. The quantitative estimate of drug-likeness (QED) is 0.573. The Bertz CT molecular complexity index is 354. The zero-order chi connectivity index (χ0) is 13.1. The van der Waals surface area contributed by atoms with Crippen molar-refractivity contribution in [2.45, 2.75) is 33.6 Å². The predicted molar refractivity (Wildman–Crippen MR) is 63.0 cm³/mol. The van der Waals surface area contributed by atoms with Gasteiger partial charge in [-0.15, -0.1) is 0 Å². The minimum Gasteiger partial charge on any atom is -0.277 e. The fraction of sp³-hybridized carbons (Fsp3) is 0.583. The van der Waals surface area contributed by atoms with Crippen LogP contribution in [0.1, 0.15) is 33.6 Å². The second-order valence-electron chi connectivity index (χ2n) is 4.27. The van der Waals surface area contributed by atoms with Crippen LogP contribution in [0.5, 0.6) is 0 Å². The molecule has 1 rings (SSSR count). The van der Waals surface area contributed by atoms with E-state index in [-0.39, 0.29) is 5.92 Å². The number of imide groups is 2. The topological polar surface area (TPSA) is 75.3 Å². The molecule has 1 aliphatic rings. The van der Waals surface area contributed by atoms with Crippen molar-refractivity contribution in [1.29, 1.82) is 0 Å². The minimum absolute atomic E-state index is 0.249. The highest BCUT2D eigenvalue weighted by molar-refractivity contribution is 6.19. The van der Waals surface area contributed by atoms with Gasteiger partial charge in [-0.2, -0.15) is 0 Å². The number of urea groups is 1. The minimum atomic E-state index is -1.17. The molecule has 1 saturated heterocycles. The number of rotatable bonds is 4. The molecule has 0 aromatic carbocycles. The standard InChI is InChI=1S/C12H18N2O3/c1-4-6-8(3)12(7-5-2)9(15)13-11(17)14-10(12)16/h4,6,8H,5,7H2,1-3H3,(H2,13,14,15,16,17)/b6-4+/t8-/m1/s1. The van der Waals surface area contributed by atoms with Gasteiger partial charge in [0.05, 0.1) is 0 Å². The summed E-state index contributed by atoms with van der Waals surface area (Å²) >= 11 is 0. The molecule has 0 aliphatic carbocycles. The van der Waals surface area contributed by atoms with Crippen LogP contribution in [0.15, 0.2) is 12.2 Å². The van der Waals surface area contributed by atoms with Crippen molar-refractivity contribution in [3.63, 3.8) is 0 Å². The van der Waals surface area contributed by atoms with Crippen molar-refractivity contribution in [1.82, 2.24) is 10.6 Å². The zero-order valence-corrected chi connectivity index (χ0v) is 10.4. The molecule has 0 aromatic rings. The normalized spacial score (nSPS) is 21.2. The summed E-state index contributed by atoms with van der Waals surface area (Å²) in [4.78, 5) is 35.1. The van der Waals surface area contributed by atoms with Crippen LogP contribution >= 0.6 is 0 Å². The zero-order valence-electron chi connectivity index (χ0n) is 10.4. The number of amides is 4. The van der Waals surface area contributed by atoms with Gasteiger partial charge in [0.15, 0.2) is 0 Å². The third-order valence-electron chi connectivity index (χ3n) is 3.17. The Morgan fingerprint density at radius 1 is 1.24 bits per heavy atom. The lowest BCUT2D eigenvalue weighted by Gasteiger charge is -2.37. The summed E-state index contributed by atoms with van der Waals surface area (Å²) in [5.41, 5.74) is -1.17. The summed E-state index contributed by atoms with van der Waals surface area (Å²) in [7, 11) is 0. The second kappa shape index (κ2) is 5.12. The highest BCUT2D eigenvalue weighted by atomic mass is 16.2. The van der Waals surface area contributed by atoms with Crippen LogP contribution in [0.4, 0.5) is 4.79 Å². The van der Waals surface area contributed by atoms with Crippen LogP contribution in [0.25, 0.3) is 0 Å². The third kappa shape index (κ3) is 2.23. The van der Waals surface area contributed by atoms with E-state index in [2.05, 4.69) is 10.6 Å². The van der Waals surface area contributed by atoms with Crippen molar-refractivity contribution >= 4 is 17.8 Å². The van der Waals surface area contributed by atoms with Gasteiger partial charge in [0.1, 0.15) is 5.41 Å². The molecule has 0 unspecified atom stereocenters. The Morgan fingerprint density at radius 3 is 2.18 bits per heavy atom. The van der Waals surface area contributed by atoms with E-state index in [0.29, 0.717) is 12.8 Å². The highest BCUT2D eigenvalue weighted by Gasteiger charge is 2.52. The smallest absolute Gasteiger partial charge is 0.277 e. The van der Waals surface area contributed by atoms with E-state index in [1.54, 1.807) is 6.08 Å². The molecule has 1 heterocycles. The average molecular weight is 238 g/mol. The molecule has 0 bridgehead atoms. The maximum Gasteiger partial charge on any atom is 0.328 e. The Balaban J connectivity index is 3.16. The van der Waals surface area contributed by atoms with Crippen LogP contribution in [-0.2, 0) is 9.59 Å². The molecular weight excluding hydrogens is 220 g/mol. The summed E-state index contributed by atoms with van der Waals surface area (Å²) < 4.78 is 0. The van der Waals surface area contributed by atoms with Gasteiger partial charge < -0.3 is 0 Å². The molecular formula is C12H18N2O3. The van der Waals surface area contributed by atoms with E-state index in [4.69, 9.17) is 0 Å². The van der Waals surface area contributed by atoms with Crippen LogP contribution in [0, 0.1) is 11.3 Å². The molecule has 0 spiro atoms. The van der Waals surface area contributed by atoms with Gasteiger partial charge in [-0.25, -0.2) is 4.79 Å². The van der Waals surface area contributed by atoms with Crippen LogP contribution in [-0.4, -0.2) is 17.8 Å². The number of nitrogens with one attached hydrogen (secondary N) is 2. The lowest BCUT2D eigenvalue weighted by molar-refractivity contribution is -0.147. The molecule has 0 saturated carbocycles. The van der Waals surface area contributed by atoms with Gasteiger partial charge in [-0.3, -0.25) is 20.2 Å². The summed E-state index contributed by atoms with van der Waals surface area (Å²) in [5, 5.41) is 4.36. The van der Waals surface area contributed by atoms with Crippen molar-refractivity contribution < 1.29 is 14.4 Å². The fourth-order valence-electron chi connectivity index (χ4n) is 2.28. The number of allylic oxidation sites excluding steroid dienone is 2. The van der Waals surface area contributed by atoms with E-state index in [1.807, 2.05) is 26.8 Å². The molecule has 1 atom stereocenters. The first-order valence-corrected chi connectivity index (χ1v) is 5.78. The van der Waals surface area contributed by atoms with Crippen LogP contribution in [0.2, 0.25) is 0 Å². The first-order chi connectivity index (χ1) is 7.98. The summed E-state index contributed by atoms with van der Waals surface area (Å²) in [6, 6.07) is -0.737. The Hall–Kier alpha value is -1.65. The SMILES string of the molecule is C/C=C/[C@@H](C)C1(CCC)C(=O)NC(=O)NC1=O. The van der Waals surface area contributed by atoms with Crippen molar-refractivity contribution in [3.05, 3.63) is 12.2 Å². The van der Waals surface area contributed by atoms with E-state index < -0.39 is 23.3 Å². The maximum absolute atomic E-state index is 12.0. The predicted octanol–water partition coefficient (Wildman–Crippen LogP) is 1.35. The van der Waals surface area contributed by atoms with E-state index >= 15 is 0 Å². The lowest BCUT2D eigenvalue weighted by atomic mass is 9.70. The van der Waals surface area contributed by atoms with Gasteiger partial charge >= 0.3 is 6.03 Å². The summed E-state index contributed by atoms with van der Waals surface area (Å²) in [6.45, 7) is 5.55. The molecule has 2 N–H and O–H groups in total. The lowest BCUT2D eigenvalue weighted by Crippen LogP contribution is -2.64. The van der Waals surface area contributed by atoms with Gasteiger partial charge in [-0.1, -0.05) is 32.4 Å². The first kappa shape index (κ1) is 13.4. The van der Waals surface area contributed by atoms with Crippen molar-refractivity contribution in [2.75, 3.05) is 0 Å². The molecule has 1 fully saturated rings. The molecule has 5 heteroatoms. The van der Waals surface area contributed by atoms with Gasteiger partial charge in [-0.05, 0) is 19.3 Å². The molecule has 4 amide bonds. The van der Waals surface area contributed by atoms with Gasteiger partial charge in [0.2, 0.25) is 11.8 Å².